The molecule has 0 aliphatic carbocycles. The molecular formula is C14H12N2O3. The first-order valence-corrected chi connectivity index (χ1v) is 6.00. The summed E-state index contributed by atoms with van der Waals surface area (Å²) in [5.41, 5.74) is 2.42. The Balaban J connectivity index is 2.20. The van der Waals surface area contributed by atoms with Crippen molar-refractivity contribution < 1.29 is 14.3 Å². The molecule has 0 atom stereocenters. The Kier molecular flexibility index (Phi) is 2.59. The number of rotatable bonds is 3. The molecule has 19 heavy (non-hydrogen) atoms. The summed E-state index contributed by atoms with van der Waals surface area (Å²) >= 11 is 0. The molecule has 96 valence electrons. The lowest BCUT2D eigenvalue weighted by atomic mass is 10.1. The highest BCUT2D eigenvalue weighted by molar-refractivity contribution is 5.90. The Bertz CT molecular complexity index is 755. The molecule has 0 saturated carbocycles. The fourth-order valence-electron chi connectivity index (χ4n) is 2.21. The largest absolute Gasteiger partial charge is 0.476 e. The summed E-state index contributed by atoms with van der Waals surface area (Å²) < 4.78 is 5.81. The number of aromatic amines is 1. The third-order valence-corrected chi connectivity index (χ3v) is 3.09. The van der Waals surface area contributed by atoms with Gasteiger partial charge < -0.3 is 9.52 Å². The first-order valence-electron chi connectivity index (χ1n) is 6.00. The lowest BCUT2D eigenvalue weighted by Gasteiger charge is -1.95. The van der Waals surface area contributed by atoms with Crippen LogP contribution < -0.4 is 0 Å². The van der Waals surface area contributed by atoms with Gasteiger partial charge in [-0.1, -0.05) is 25.1 Å². The highest BCUT2D eigenvalue weighted by Gasteiger charge is 2.17. The van der Waals surface area contributed by atoms with Crippen LogP contribution in [0.25, 0.3) is 22.4 Å². The number of aryl methyl sites for hydroxylation is 1. The van der Waals surface area contributed by atoms with E-state index >= 15 is 0 Å². The van der Waals surface area contributed by atoms with Gasteiger partial charge in [0.1, 0.15) is 11.3 Å². The van der Waals surface area contributed by atoms with E-state index in [0.29, 0.717) is 11.5 Å². The predicted octanol–water partition coefficient (Wildman–Crippen LogP) is 3.08. The standard InChI is InChI=1S/C14H12N2O3/c1-2-8-9-5-3-4-6-12(9)19-13(8)10-7-11(14(17)18)16-15-10/h3-7H,2H2,1H3,(H,15,16)(H,17,18). The van der Waals surface area contributed by atoms with Crippen molar-refractivity contribution in [1.82, 2.24) is 10.2 Å². The number of hydrogen-bond acceptors (Lipinski definition) is 3. The van der Waals surface area contributed by atoms with Crippen LogP contribution in [0.2, 0.25) is 0 Å². The molecule has 0 unspecified atom stereocenters. The Morgan fingerprint density at radius 2 is 2.21 bits per heavy atom. The lowest BCUT2D eigenvalue weighted by molar-refractivity contribution is 0.0690. The summed E-state index contributed by atoms with van der Waals surface area (Å²) in [5, 5.41) is 16.4. The number of hydrogen-bond donors (Lipinski definition) is 2. The van der Waals surface area contributed by atoms with Crippen molar-refractivity contribution >= 4 is 16.9 Å². The summed E-state index contributed by atoms with van der Waals surface area (Å²) in [4.78, 5) is 10.9. The third-order valence-electron chi connectivity index (χ3n) is 3.09. The van der Waals surface area contributed by atoms with E-state index in [0.717, 1.165) is 23.0 Å². The van der Waals surface area contributed by atoms with Crippen molar-refractivity contribution in [1.29, 1.82) is 0 Å². The average molecular weight is 256 g/mol. The summed E-state index contributed by atoms with van der Waals surface area (Å²) in [6.45, 7) is 2.04. The minimum Gasteiger partial charge on any atom is -0.476 e. The van der Waals surface area contributed by atoms with E-state index in [9.17, 15) is 4.79 Å². The lowest BCUT2D eigenvalue weighted by Crippen LogP contribution is -1.95. The van der Waals surface area contributed by atoms with E-state index in [-0.39, 0.29) is 5.69 Å². The van der Waals surface area contributed by atoms with E-state index in [1.165, 1.54) is 6.07 Å². The fraction of sp³-hybridized carbons (Fsp3) is 0.143. The number of carboxylic acids is 1. The van der Waals surface area contributed by atoms with E-state index in [4.69, 9.17) is 9.52 Å². The second kappa shape index (κ2) is 4.28. The summed E-state index contributed by atoms with van der Waals surface area (Å²) in [6.07, 6.45) is 0.799. The van der Waals surface area contributed by atoms with Crippen molar-refractivity contribution in [3.05, 3.63) is 41.6 Å². The SMILES string of the molecule is CCc1c(-c2cc(C(=O)O)n[nH]2)oc2ccccc12. The minimum atomic E-state index is -1.06. The molecule has 0 spiro atoms. The number of aromatic carboxylic acids is 1. The zero-order chi connectivity index (χ0) is 13.4. The zero-order valence-electron chi connectivity index (χ0n) is 10.3. The Labute approximate surface area is 108 Å². The van der Waals surface area contributed by atoms with Gasteiger partial charge in [-0.15, -0.1) is 0 Å². The van der Waals surface area contributed by atoms with Crippen LogP contribution in [-0.4, -0.2) is 21.3 Å². The molecule has 2 aromatic heterocycles. The van der Waals surface area contributed by atoms with E-state index in [2.05, 4.69) is 10.2 Å². The fourth-order valence-corrected chi connectivity index (χ4v) is 2.21. The van der Waals surface area contributed by atoms with E-state index < -0.39 is 5.97 Å². The second-order valence-electron chi connectivity index (χ2n) is 4.23. The van der Waals surface area contributed by atoms with E-state index in [1.807, 2.05) is 31.2 Å². The summed E-state index contributed by atoms with van der Waals surface area (Å²) in [7, 11) is 0. The topological polar surface area (TPSA) is 79.1 Å². The van der Waals surface area contributed by atoms with Gasteiger partial charge in [0.15, 0.2) is 11.5 Å². The normalized spacial score (nSPS) is 11.0. The molecule has 0 aliphatic rings. The third kappa shape index (κ3) is 1.79. The van der Waals surface area contributed by atoms with E-state index in [1.54, 1.807) is 0 Å². The first-order chi connectivity index (χ1) is 9.20. The molecule has 5 nitrogen and oxygen atoms in total. The molecule has 0 fully saturated rings. The Morgan fingerprint density at radius 3 is 2.89 bits per heavy atom. The van der Waals surface area contributed by atoms with Crippen molar-refractivity contribution in [2.75, 3.05) is 0 Å². The van der Waals surface area contributed by atoms with Gasteiger partial charge in [0.25, 0.3) is 0 Å². The molecule has 0 amide bonds. The maximum absolute atomic E-state index is 10.9. The number of carboxylic acid groups (broad SMARTS) is 1. The van der Waals surface area contributed by atoms with Crippen LogP contribution in [0.4, 0.5) is 0 Å². The maximum Gasteiger partial charge on any atom is 0.356 e. The minimum absolute atomic E-state index is 0.0162. The maximum atomic E-state index is 10.9. The molecule has 0 aliphatic heterocycles. The van der Waals surface area contributed by atoms with Crippen molar-refractivity contribution in [2.45, 2.75) is 13.3 Å². The van der Waals surface area contributed by atoms with Gasteiger partial charge in [-0.05, 0) is 12.5 Å². The molecule has 3 rings (SSSR count). The predicted molar refractivity (Wildman–Crippen MR) is 70.1 cm³/mol. The van der Waals surface area contributed by atoms with Crippen molar-refractivity contribution in [2.24, 2.45) is 0 Å². The number of furan rings is 1. The number of H-pyrrole nitrogens is 1. The number of para-hydroxylation sites is 1. The number of nitrogens with one attached hydrogen (secondary N) is 1. The van der Waals surface area contributed by atoms with Crippen LogP contribution in [0.3, 0.4) is 0 Å². The average Bonchev–Trinajstić information content (AvgIpc) is 3.02. The highest BCUT2D eigenvalue weighted by atomic mass is 16.4. The van der Waals surface area contributed by atoms with Crippen LogP contribution in [-0.2, 0) is 6.42 Å². The number of benzene rings is 1. The van der Waals surface area contributed by atoms with Gasteiger partial charge in [0.2, 0.25) is 0 Å². The summed E-state index contributed by atoms with van der Waals surface area (Å²) in [5.74, 6) is -0.402. The van der Waals surface area contributed by atoms with Gasteiger partial charge in [0, 0.05) is 17.0 Å². The molecule has 0 radical (unpaired) electrons. The van der Waals surface area contributed by atoms with Crippen LogP contribution in [0.5, 0.6) is 0 Å². The molecular weight excluding hydrogens is 244 g/mol. The monoisotopic (exact) mass is 256 g/mol. The molecule has 0 saturated heterocycles. The molecule has 3 aromatic rings. The summed E-state index contributed by atoms with van der Waals surface area (Å²) in [6, 6.07) is 9.24. The smallest absolute Gasteiger partial charge is 0.356 e. The van der Waals surface area contributed by atoms with Crippen molar-refractivity contribution in [3.63, 3.8) is 0 Å². The van der Waals surface area contributed by atoms with Gasteiger partial charge in [-0.2, -0.15) is 5.10 Å². The molecule has 5 heteroatoms. The highest BCUT2D eigenvalue weighted by Crippen LogP contribution is 2.33. The number of aromatic nitrogens is 2. The number of fused-ring (bicyclic) bond motifs is 1. The number of carbonyl (C=O) groups is 1. The Morgan fingerprint density at radius 1 is 1.42 bits per heavy atom. The molecule has 0 bridgehead atoms. The van der Waals surface area contributed by atoms with Crippen LogP contribution >= 0.6 is 0 Å². The van der Waals surface area contributed by atoms with Gasteiger partial charge in [0.05, 0.1) is 0 Å². The molecule has 1 aromatic carbocycles. The number of nitrogens with zero attached hydrogens (tertiary/aromatic N) is 1. The van der Waals surface area contributed by atoms with Crippen molar-refractivity contribution in [3.8, 4) is 11.5 Å². The zero-order valence-corrected chi connectivity index (χ0v) is 10.3. The first kappa shape index (κ1) is 11.5. The Hall–Kier alpha value is -2.56. The second-order valence-corrected chi connectivity index (χ2v) is 4.23. The van der Waals surface area contributed by atoms with Crippen LogP contribution in [0, 0.1) is 0 Å². The van der Waals surface area contributed by atoms with Crippen LogP contribution in [0.1, 0.15) is 23.0 Å². The molecule has 2 heterocycles. The van der Waals surface area contributed by atoms with Gasteiger partial charge in [-0.3, -0.25) is 5.10 Å². The van der Waals surface area contributed by atoms with Gasteiger partial charge in [-0.25, -0.2) is 4.79 Å². The van der Waals surface area contributed by atoms with Crippen LogP contribution in [0.15, 0.2) is 34.7 Å². The van der Waals surface area contributed by atoms with Gasteiger partial charge >= 0.3 is 5.97 Å². The molecule has 2 N–H and O–H groups in total. The quantitative estimate of drug-likeness (QED) is 0.754.